The van der Waals surface area contributed by atoms with Crippen LogP contribution in [-0.4, -0.2) is 65.8 Å². The quantitative estimate of drug-likeness (QED) is 0.180. The van der Waals surface area contributed by atoms with Crippen LogP contribution in [0.2, 0.25) is 0 Å². The third-order valence-corrected chi connectivity index (χ3v) is 5.62. The molecule has 0 saturated carbocycles. The van der Waals surface area contributed by atoms with Crippen molar-refractivity contribution in [3.63, 3.8) is 0 Å². The highest BCUT2D eigenvalue weighted by Crippen LogP contribution is 2.41. The van der Waals surface area contributed by atoms with Gasteiger partial charge in [0.2, 0.25) is 0 Å². The van der Waals surface area contributed by atoms with E-state index < -0.39 is 17.5 Å². The molecule has 0 aromatic carbocycles. The lowest BCUT2D eigenvalue weighted by atomic mass is 9.87. The van der Waals surface area contributed by atoms with Crippen molar-refractivity contribution in [3.05, 3.63) is 0 Å². The summed E-state index contributed by atoms with van der Waals surface area (Å²) < 4.78 is 41.1. The molecule has 1 atom stereocenters. The monoisotopic (exact) mass is 436 g/mol. The van der Waals surface area contributed by atoms with Gasteiger partial charge in [0.25, 0.3) is 5.97 Å². The van der Waals surface area contributed by atoms with Crippen LogP contribution in [0.3, 0.4) is 0 Å². The van der Waals surface area contributed by atoms with Crippen LogP contribution in [0.25, 0.3) is 0 Å². The molecule has 0 aliphatic heterocycles. The fourth-order valence-corrected chi connectivity index (χ4v) is 4.12. The average Bonchev–Trinajstić information content (AvgIpc) is 2.76. The first-order valence-corrected chi connectivity index (χ1v) is 11.6. The maximum absolute atomic E-state index is 6.09. The number of methoxy groups -OCH3 is 4. The molecule has 0 rings (SSSR count). The molecule has 0 aliphatic rings. The first-order valence-electron chi connectivity index (χ1n) is 11.6. The lowest BCUT2D eigenvalue weighted by Gasteiger charge is -2.47. The second kappa shape index (κ2) is 16.4. The second-order valence-electron chi connectivity index (χ2n) is 7.37. The van der Waals surface area contributed by atoms with Crippen molar-refractivity contribution in [2.24, 2.45) is 0 Å². The predicted molar refractivity (Wildman–Crippen MR) is 118 cm³/mol. The minimum absolute atomic E-state index is 0.448. The van der Waals surface area contributed by atoms with E-state index in [1.807, 2.05) is 20.8 Å². The van der Waals surface area contributed by atoms with E-state index in [1.165, 1.54) is 25.7 Å². The molecular weight excluding hydrogens is 388 g/mol. The zero-order valence-electron chi connectivity index (χ0n) is 20.8. The molecule has 7 heteroatoms. The Hall–Kier alpha value is -0.280. The summed E-state index contributed by atoms with van der Waals surface area (Å²) >= 11 is 0. The molecule has 0 aromatic rings. The second-order valence-corrected chi connectivity index (χ2v) is 7.37. The molecule has 0 bridgehead atoms. The van der Waals surface area contributed by atoms with Crippen molar-refractivity contribution in [3.8, 4) is 0 Å². The predicted octanol–water partition coefficient (Wildman–Crippen LogP) is 5.26. The fraction of sp³-hybridized carbons (Fsp3) is 1.00. The van der Waals surface area contributed by atoms with Gasteiger partial charge in [-0.3, -0.25) is 0 Å². The third kappa shape index (κ3) is 8.34. The first kappa shape index (κ1) is 29.7. The summed E-state index contributed by atoms with van der Waals surface area (Å²) in [6, 6.07) is 0. The molecule has 0 aromatic heterocycles. The zero-order valence-corrected chi connectivity index (χ0v) is 20.8. The van der Waals surface area contributed by atoms with Gasteiger partial charge in [0.1, 0.15) is 5.60 Å². The molecule has 30 heavy (non-hydrogen) atoms. The summed E-state index contributed by atoms with van der Waals surface area (Å²) in [5, 5.41) is 0. The van der Waals surface area contributed by atoms with Crippen LogP contribution in [0.4, 0.5) is 0 Å². The summed E-state index contributed by atoms with van der Waals surface area (Å²) in [5.74, 6) is -2.48. The van der Waals surface area contributed by atoms with E-state index in [2.05, 4.69) is 6.92 Å². The SMILES string of the molecule is CCCCCCCCC(CCC(OCC)(OCC)OCC)(OC)C(OC)(OC)OC. The molecular formula is C23H48O7. The van der Waals surface area contributed by atoms with Gasteiger partial charge in [-0.25, -0.2) is 0 Å². The highest BCUT2D eigenvalue weighted by atomic mass is 16.9. The van der Waals surface area contributed by atoms with Crippen molar-refractivity contribution in [1.82, 2.24) is 0 Å². The lowest BCUT2D eigenvalue weighted by Crippen LogP contribution is -2.60. The summed E-state index contributed by atoms with van der Waals surface area (Å²) in [5.41, 5.74) is -0.855. The number of hydrogen-bond acceptors (Lipinski definition) is 7. The van der Waals surface area contributed by atoms with Gasteiger partial charge in [-0.2, -0.15) is 0 Å². The van der Waals surface area contributed by atoms with E-state index >= 15 is 0 Å². The molecule has 0 amide bonds. The zero-order chi connectivity index (χ0) is 22.9. The highest BCUT2D eigenvalue weighted by Gasteiger charge is 2.55. The Morgan fingerprint density at radius 1 is 0.500 bits per heavy atom. The van der Waals surface area contributed by atoms with Crippen molar-refractivity contribution in [1.29, 1.82) is 0 Å². The normalized spacial score (nSPS) is 14.8. The van der Waals surface area contributed by atoms with Gasteiger partial charge in [0.15, 0.2) is 0 Å². The van der Waals surface area contributed by atoms with Gasteiger partial charge in [-0.1, -0.05) is 45.4 Å². The van der Waals surface area contributed by atoms with E-state index in [-0.39, 0.29) is 0 Å². The molecule has 0 saturated heterocycles. The summed E-state index contributed by atoms with van der Waals surface area (Å²) in [6.45, 7) is 9.43. The smallest absolute Gasteiger partial charge is 0.313 e. The van der Waals surface area contributed by atoms with Gasteiger partial charge >= 0.3 is 5.97 Å². The van der Waals surface area contributed by atoms with Crippen LogP contribution >= 0.6 is 0 Å². The van der Waals surface area contributed by atoms with E-state index in [4.69, 9.17) is 33.2 Å². The summed E-state index contributed by atoms with van der Waals surface area (Å²) in [7, 11) is 6.39. The van der Waals surface area contributed by atoms with Gasteiger partial charge < -0.3 is 33.2 Å². The molecule has 0 fully saturated rings. The molecule has 0 N–H and O–H groups in total. The van der Waals surface area contributed by atoms with Crippen molar-refractivity contribution in [2.75, 3.05) is 48.3 Å². The Bertz CT molecular complexity index is 376. The largest absolute Gasteiger partial charge is 0.370 e. The molecule has 1 unspecified atom stereocenters. The van der Waals surface area contributed by atoms with Crippen molar-refractivity contribution < 1.29 is 33.2 Å². The molecule has 182 valence electrons. The maximum Gasteiger partial charge on any atom is 0.313 e. The van der Waals surface area contributed by atoms with Crippen molar-refractivity contribution >= 4 is 0 Å². The Morgan fingerprint density at radius 3 is 1.37 bits per heavy atom. The molecule has 0 aliphatic carbocycles. The van der Waals surface area contributed by atoms with E-state index in [9.17, 15) is 0 Å². The van der Waals surface area contributed by atoms with Gasteiger partial charge in [-0.05, 0) is 33.6 Å². The molecule has 0 spiro atoms. The lowest BCUT2D eigenvalue weighted by molar-refractivity contribution is -0.433. The number of rotatable bonds is 21. The summed E-state index contributed by atoms with van der Waals surface area (Å²) in [6.07, 6.45) is 8.72. The first-order chi connectivity index (χ1) is 14.4. The summed E-state index contributed by atoms with van der Waals surface area (Å²) in [4.78, 5) is 0. The number of unbranched alkanes of at least 4 members (excludes halogenated alkanes) is 5. The van der Waals surface area contributed by atoms with E-state index in [1.54, 1.807) is 28.4 Å². The van der Waals surface area contributed by atoms with Gasteiger partial charge in [0.05, 0.1) is 0 Å². The number of ether oxygens (including phenoxy) is 7. The topological polar surface area (TPSA) is 64.6 Å². The Kier molecular flexibility index (Phi) is 16.2. The maximum atomic E-state index is 6.09. The standard InChI is InChI=1S/C23H48O7/c1-9-13-14-15-16-17-18-21(24-5,23(25-6,26-7)27-8)19-20-22(28-10-2,29-11-3)30-12-4/h9-20H2,1-8H3. The molecule has 7 nitrogen and oxygen atoms in total. The molecule has 0 radical (unpaired) electrons. The minimum Gasteiger partial charge on any atom is -0.370 e. The molecule has 0 heterocycles. The minimum atomic E-state index is -1.35. The van der Waals surface area contributed by atoms with E-state index in [0.29, 0.717) is 39.1 Å². The number of hydrogen-bond donors (Lipinski definition) is 0. The fourth-order valence-electron chi connectivity index (χ4n) is 4.12. The van der Waals surface area contributed by atoms with Crippen LogP contribution in [0, 0.1) is 0 Å². The highest BCUT2D eigenvalue weighted by molar-refractivity contribution is 4.92. The third-order valence-electron chi connectivity index (χ3n) is 5.62. The Labute approximate surface area is 185 Å². The van der Waals surface area contributed by atoms with Crippen molar-refractivity contribution in [2.45, 2.75) is 103 Å². The van der Waals surface area contributed by atoms with Crippen LogP contribution < -0.4 is 0 Å². The average molecular weight is 437 g/mol. The Balaban J connectivity index is 5.62. The van der Waals surface area contributed by atoms with Crippen LogP contribution in [-0.2, 0) is 33.2 Å². The van der Waals surface area contributed by atoms with Crippen LogP contribution in [0.5, 0.6) is 0 Å². The Morgan fingerprint density at radius 2 is 0.967 bits per heavy atom. The van der Waals surface area contributed by atoms with Gasteiger partial charge in [-0.15, -0.1) is 0 Å². The van der Waals surface area contributed by atoms with Crippen LogP contribution in [0.1, 0.15) is 85.5 Å². The van der Waals surface area contributed by atoms with Gasteiger partial charge in [0, 0.05) is 54.7 Å². The van der Waals surface area contributed by atoms with E-state index in [0.717, 1.165) is 12.8 Å². The van der Waals surface area contributed by atoms with Crippen LogP contribution in [0.15, 0.2) is 0 Å².